The van der Waals surface area contributed by atoms with Crippen molar-refractivity contribution in [3.8, 4) is 0 Å². The average Bonchev–Trinajstić information content (AvgIpc) is 2.65. The number of hydrogen-bond donors (Lipinski definition) is 1. The lowest BCUT2D eigenvalue weighted by molar-refractivity contribution is 0.193. The van der Waals surface area contributed by atoms with Gasteiger partial charge in [0.25, 0.3) is 0 Å². The minimum absolute atomic E-state index is 0.122. The number of nitrogens with zero attached hydrogens (tertiary/aromatic N) is 2. The molecule has 4 nitrogen and oxygen atoms in total. The normalized spacial score (nSPS) is 19.1. The van der Waals surface area contributed by atoms with E-state index in [0.29, 0.717) is 0 Å². The first-order valence-corrected chi connectivity index (χ1v) is 9.99. The molecular weight excluding hydrogens is 310 g/mol. The van der Waals surface area contributed by atoms with Gasteiger partial charge in [0.2, 0.25) is 0 Å². The number of anilines is 1. The van der Waals surface area contributed by atoms with Crippen molar-refractivity contribution in [1.82, 2.24) is 10.2 Å². The standard InChI is InChI=1S/C21H33N3O/c1-17-7-6-10-20(18(17)2)23-13-15-24(16-14-23)21(25)22-12-11-19-8-4-3-5-9-19/h6-7,10,19H,3-5,8-9,11-16H2,1-2H3,(H,22,25). The summed E-state index contributed by atoms with van der Waals surface area (Å²) in [4.78, 5) is 16.8. The summed E-state index contributed by atoms with van der Waals surface area (Å²) in [5, 5.41) is 3.14. The largest absolute Gasteiger partial charge is 0.368 e. The molecule has 0 bridgehead atoms. The lowest BCUT2D eigenvalue weighted by atomic mass is 9.87. The minimum atomic E-state index is 0.122. The molecule has 4 heteroatoms. The Kier molecular flexibility index (Phi) is 6.22. The molecule has 1 saturated carbocycles. The van der Waals surface area contributed by atoms with E-state index >= 15 is 0 Å². The van der Waals surface area contributed by atoms with Gasteiger partial charge in [-0.2, -0.15) is 0 Å². The number of carbonyl (C=O) groups is 1. The van der Waals surface area contributed by atoms with Gasteiger partial charge in [-0.3, -0.25) is 0 Å². The molecule has 1 saturated heterocycles. The molecule has 1 aliphatic carbocycles. The second-order valence-electron chi connectivity index (χ2n) is 7.72. The van der Waals surface area contributed by atoms with Crippen LogP contribution in [0.2, 0.25) is 0 Å². The van der Waals surface area contributed by atoms with E-state index < -0.39 is 0 Å². The van der Waals surface area contributed by atoms with Gasteiger partial charge in [0.15, 0.2) is 0 Å². The van der Waals surface area contributed by atoms with Gasteiger partial charge in [0.05, 0.1) is 0 Å². The fourth-order valence-corrected chi connectivity index (χ4v) is 4.20. The Morgan fingerprint density at radius 1 is 1.08 bits per heavy atom. The number of aryl methyl sites for hydroxylation is 1. The van der Waals surface area contributed by atoms with Crippen molar-refractivity contribution in [2.75, 3.05) is 37.6 Å². The summed E-state index contributed by atoms with van der Waals surface area (Å²) in [6.45, 7) is 8.64. The van der Waals surface area contributed by atoms with Gasteiger partial charge in [-0.1, -0.05) is 44.2 Å². The molecule has 0 atom stereocenters. The first kappa shape index (κ1) is 18.1. The molecule has 2 fully saturated rings. The molecule has 1 N–H and O–H groups in total. The summed E-state index contributed by atoms with van der Waals surface area (Å²) >= 11 is 0. The number of nitrogens with one attached hydrogen (secondary N) is 1. The predicted molar refractivity (Wildman–Crippen MR) is 104 cm³/mol. The van der Waals surface area contributed by atoms with Crippen LogP contribution in [-0.2, 0) is 0 Å². The number of rotatable bonds is 4. The van der Waals surface area contributed by atoms with Crippen LogP contribution in [0, 0.1) is 19.8 Å². The SMILES string of the molecule is Cc1cccc(N2CCN(C(=O)NCCC3CCCCC3)CC2)c1C. The maximum absolute atomic E-state index is 12.4. The summed E-state index contributed by atoms with van der Waals surface area (Å²) in [5.41, 5.74) is 4.01. The zero-order valence-corrected chi connectivity index (χ0v) is 15.9. The summed E-state index contributed by atoms with van der Waals surface area (Å²) in [6.07, 6.45) is 7.99. The van der Waals surface area contributed by atoms with Crippen LogP contribution in [0.5, 0.6) is 0 Å². The van der Waals surface area contributed by atoms with E-state index in [1.165, 1.54) is 48.9 Å². The van der Waals surface area contributed by atoms with Crippen LogP contribution in [-0.4, -0.2) is 43.7 Å². The second kappa shape index (κ2) is 8.59. The predicted octanol–water partition coefficient (Wildman–Crippen LogP) is 4.11. The van der Waals surface area contributed by atoms with E-state index in [-0.39, 0.29) is 6.03 Å². The summed E-state index contributed by atoms with van der Waals surface area (Å²) in [7, 11) is 0. The van der Waals surface area contributed by atoms with Gasteiger partial charge in [-0.15, -0.1) is 0 Å². The van der Waals surface area contributed by atoms with Crippen molar-refractivity contribution in [3.63, 3.8) is 0 Å². The highest BCUT2D eigenvalue weighted by Gasteiger charge is 2.22. The number of amides is 2. The highest BCUT2D eigenvalue weighted by Crippen LogP contribution is 2.26. The Hall–Kier alpha value is -1.71. The Bertz CT molecular complexity index is 573. The van der Waals surface area contributed by atoms with Crippen molar-refractivity contribution in [3.05, 3.63) is 29.3 Å². The highest BCUT2D eigenvalue weighted by atomic mass is 16.2. The molecular formula is C21H33N3O. The zero-order chi connectivity index (χ0) is 17.6. The average molecular weight is 344 g/mol. The van der Waals surface area contributed by atoms with Crippen LogP contribution in [0.4, 0.5) is 10.5 Å². The zero-order valence-electron chi connectivity index (χ0n) is 15.9. The Labute approximate surface area is 152 Å². The first-order chi connectivity index (χ1) is 12.1. The number of carbonyl (C=O) groups excluding carboxylic acids is 1. The molecule has 1 aromatic carbocycles. The first-order valence-electron chi connectivity index (χ1n) is 9.99. The molecule has 2 aliphatic rings. The van der Waals surface area contributed by atoms with E-state index in [4.69, 9.17) is 0 Å². The quantitative estimate of drug-likeness (QED) is 0.893. The van der Waals surface area contributed by atoms with E-state index in [9.17, 15) is 4.79 Å². The Morgan fingerprint density at radius 2 is 1.80 bits per heavy atom. The van der Waals surface area contributed by atoms with E-state index in [2.05, 4.69) is 42.3 Å². The topological polar surface area (TPSA) is 35.6 Å². The van der Waals surface area contributed by atoms with Gasteiger partial charge in [0, 0.05) is 38.4 Å². The summed E-state index contributed by atoms with van der Waals surface area (Å²) in [6, 6.07) is 6.61. The third-order valence-corrected chi connectivity index (χ3v) is 6.04. The van der Waals surface area contributed by atoms with Crippen LogP contribution in [0.3, 0.4) is 0 Å². The van der Waals surface area contributed by atoms with Crippen LogP contribution in [0.15, 0.2) is 18.2 Å². The van der Waals surface area contributed by atoms with E-state index in [1.54, 1.807) is 0 Å². The third kappa shape index (κ3) is 4.68. The molecule has 0 radical (unpaired) electrons. The molecule has 1 heterocycles. The van der Waals surface area contributed by atoms with Crippen molar-refractivity contribution in [2.45, 2.75) is 52.4 Å². The van der Waals surface area contributed by atoms with Gasteiger partial charge >= 0.3 is 6.03 Å². The van der Waals surface area contributed by atoms with Crippen LogP contribution >= 0.6 is 0 Å². The molecule has 1 aliphatic heterocycles. The monoisotopic (exact) mass is 343 g/mol. The fourth-order valence-electron chi connectivity index (χ4n) is 4.20. The summed E-state index contributed by atoms with van der Waals surface area (Å²) < 4.78 is 0. The van der Waals surface area contributed by atoms with Gasteiger partial charge < -0.3 is 15.1 Å². The number of benzene rings is 1. The Balaban J connectivity index is 1.42. The Morgan fingerprint density at radius 3 is 2.52 bits per heavy atom. The summed E-state index contributed by atoms with van der Waals surface area (Å²) in [5.74, 6) is 0.829. The molecule has 0 spiro atoms. The molecule has 2 amide bonds. The van der Waals surface area contributed by atoms with Gasteiger partial charge in [-0.05, 0) is 43.4 Å². The van der Waals surface area contributed by atoms with Crippen LogP contribution in [0.1, 0.15) is 49.7 Å². The lowest BCUT2D eigenvalue weighted by Crippen LogP contribution is -2.52. The van der Waals surface area contributed by atoms with Gasteiger partial charge in [-0.25, -0.2) is 4.79 Å². The fraction of sp³-hybridized carbons (Fsp3) is 0.667. The number of hydrogen-bond acceptors (Lipinski definition) is 2. The van der Waals surface area contributed by atoms with Crippen molar-refractivity contribution in [2.24, 2.45) is 5.92 Å². The third-order valence-electron chi connectivity index (χ3n) is 6.04. The smallest absolute Gasteiger partial charge is 0.317 e. The van der Waals surface area contributed by atoms with Gasteiger partial charge in [0.1, 0.15) is 0 Å². The van der Waals surface area contributed by atoms with Crippen LogP contribution in [0.25, 0.3) is 0 Å². The molecule has 0 unspecified atom stereocenters. The molecule has 138 valence electrons. The molecule has 0 aromatic heterocycles. The minimum Gasteiger partial charge on any atom is -0.368 e. The van der Waals surface area contributed by atoms with E-state index in [1.807, 2.05) is 4.90 Å². The van der Waals surface area contributed by atoms with E-state index in [0.717, 1.165) is 45.1 Å². The second-order valence-corrected chi connectivity index (χ2v) is 7.72. The maximum Gasteiger partial charge on any atom is 0.317 e. The molecule has 3 rings (SSSR count). The number of piperazine rings is 1. The highest BCUT2D eigenvalue weighted by molar-refractivity contribution is 5.74. The van der Waals surface area contributed by atoms with Crippen molar-refractivity contribution >= 4 is 11.7 Å². The van der Waals surface area contributed by atoms with Crippen LogP contribution < -0.4 is 10.2 Å². The van der Waals surface area contributed by atoms with Crippen molar-refractivity contribution in [1.29, 1.82) is 0 Å². The van der Waals surface area contributed by atoms with Crippen molar-refractivity contribution < 1.29 is 4.79 Å². The maximum atomic E-state index is 12.4. The lowest BCUT2D eigenvalue weighted by Gasteiger charge is -2.37. The molecule has 1 aromatic rings. The number of urea groups is 1. The molecule has 25 heavy (non-hydrogen) atoms.